The molecule has 1 amide bonds. The highest BCUT2D eigenvalue weighted by molar-refractivity contribution is 5.92. The van der Waals surface area contributed by atoms with E-state index in [4.69, 9.17) is 10.5 Å². The summed E-state index contributed by atoms with van der Waals surface area (Å²) in [5, 5.41) is 0. The van der Waals surface area contributed by atoms with Crippen LogP contribution in [0.1, 0.15) is 16.7 Å². The lowest BCUT2D eigenvalue weighted by atomic mass is 10.1. The van der Waals surface area contributed by atoms with E-state index in [1.807, 2.05) is 26.0 Å². The second-order valence-corrected chi connectivity index (χ2v) is 3.26. The van der Waals surface area contributed by atoms with Gasteiger partial charge in [0.2, 0.25) is 0 Å². The van der Waals surface area contributed by atoms with E-state index in [0.717, 1.165) is 22.4 Å². The molecule has 1 aromatic carbocycles. The highest BCUT2D eigenvalue weighted by Gasteiger charge is 2.03. The predicted octanol–water partition coefficient (Wildman–Crippen LogP) is 1.15. The number of hydrogen-bond donors (Lipinski definition) is 1. The number of methoxy groups -OCH3 is 1. The van der Waals surface area contributed by atoms with Gasteiger partial charge in [-0.3, -0.25) is 4.79 Å². The quantitative estimate of drug-likeness (QED) is 0.696. The van der Waals surface area contributed by atoms with Crippen LogP contribution in [0.3, 0.4) is 0 Å². The Kier molecular flexibility index (Phi) is 3.35. The van der Waals surface area contributed by atoms with Gasteiger partial charge in [-0.1, -0.05) is 5.92 Å². The molecule has 0 aromatic heterocycles. The van der Waals surface area contributed by atoms with E-state index in [1.165, 1.54) is 0 Å². The molecule has 0 unspecified atom stereocenters. The molecular weight excluding hydrogens is 190 g/mol. The summed E-state index contributed by atoms with van der Waals surface area (Å²) in [5.74, 6) is 5.22. The molecular formula is C12H13NO2. The van der Waals surface area contributed by atoms with Crippen molar-refractivity contribution in [2.24, 2.45) is 5.73 Å². The summed E-state index contributed by atoms with van der Waals surface area (Å²) in [6.07, 6.45) is 0. The predicted molar refractivity (Wildman–Crippen MR) is 58.5 cm³/mol. The Morgan fingerprint density at radius 2 is 1.87 bits per heavy atom. The number of hydrogen-bond acceptors (Lipinski definition) is 2. The first-order valence-corrected chi connectivity index (χ1v) is 4.51. The SMILES string of the molecule is COc1c(C)cc(C#CC(N)=O)cc1C. The number of benzene rings is 1. The molecule has 1 rings (SSSR count). The van der Waals surface area contributed by atoms with Crippen LogP contribution >= 0.6 is 0 Å². The number of nitrogens with two attached hydrogens (primary N) is 1. The van der Waals surface area contributed by atoms with E-state index in [1.54, 1.807) is 7.11 Å². The first-order chi connectivity index (χ1) is 7.04. The zero-order valence-corrected chi connectivity index (χ0v) is 9.05. The summed E-state index contributed by atoms with van der Waals surface area (Å²) in [4.78, 5) is 10.5. The Morgan fingerprint density at radius 1 is 1.33 bits per heavy atom. The molecule has 78 valence electrons. The van der Waals surface area contributed by atoms with Crippen LogP contribution in [0.15, 0.2) is 12.1 Å². The van der Waals surface area contributed by atoms with E-state index >= 15 is 0 Å². The van der Waals surface area contributed by atoms with Gasteiger partial charge in [0.05, 0.1) is 7.11 Å². The highest BCUT2D eigenvalue weighted by atomic mass is 16.5. The van der Waals surface area contributed by atoms with Gasteiger partial charge in [-0.25, -0.2) is 0 Å². The number of primary amides is 1. The van der Waals surface area contributed by atoms with Crippen molar-refractivity contribution in [3.8, 4) is 17.6 Å². The fraction of sp³-hybridized carbons (Fsp3) is 0.250. The van der Waals surface area contributed by atoms with E-state index in [-0.39, 0.29) is 0 Å². The van der Waals surface area contributed by atoms with Crippen LogP contribution in [0, 0.1) is 25.7 Å². The molecule has 0 saturated carbocycles. The Bertz CT molecular complexity index is 429. The maximum atomic E-state index is 10.5. The lowest BCUT2D eigenvalue weighted by molar-refractivity contribution is -0.112. The Balaban J connectivity index is 3.16. The van der Waals surface area contributed by atoms with Crippen molar-refractivity contribution in [1.29, 1.82) is 0 Å². The van der Waals surface area contributed by atoms with E-state index < -0.39 is 5.91 Å². The molecule has 3 heteroatoms. The molecule has 0 aliphatic heterocycles. The van der Waals surface area contributed by atoms with Crippen molar-refractivity contribution in [1.82, 2.24) is 0 Å². The molecule has 1 aromatic rings. The fourth-order valence-corrected chi connectivity index (χ4v) is 1.48. The molecule has 0 bridgehead atoms. The molecule has 3 nitrogen and oxygen atoms in total. The van der Waals surface area contributed by atoms with Gasteiger partial charge in [-0.2, -0.15) is 0 Å². The zero-order chi connectivity index (χ0) is 11.4. The third kappa shape index (κ3) is 2.75. The average molecular weight is 203 g/mol. The first-order valence-electron chi connectivity index (χ1n) is 4.51. The van der Waals surface area contributed by atoms with Gasteiger partial charge in [-0.05, 0) is 43.0 Å². The zero-order valence-electron chi connectivity index (χ0n) is 9.05. The van der Waals surface area contributed by atoms with Crippen molar-refractivity contribution >= 4 is 5.91 Å². The van der Waals surface area contributed by atoms with Crippen LogP contribution in [0.5, 0.6) is 5.75 Å². The molecule has 0 aliphatic rings. The van der Waals surface area contributed by atoms with Crippen molar-refractivity contribution in [2.45, 2.75) is 13.8 Å². The minimum absolute atomic E-state index is 0.624. The normalized spacial score (nSPS) is 9.00. The summed E-state index contributed by atoms with van der Waals surface area (Å²) >= 11 is 0. The fourth-order valence-electron chi connectivity index (χ4n) is 1.48. The number of carbonyl (C=O) groups is 1. The number of amides is 1. The number of carbonyl (C=O) groups excluding carboxylic acids is 1. The summed E-state index contributed by atoms with van der Waals surface area (Å²) < 4.78 is 5.22. The van der Waals surface area contributed by atoms with Crippen LogP contribution < -0.4 is 10.5 Å². The number of rotatable bonds is 1. The van der Waals surface area contributed by atoms with Crippen molar-refractivity contribution in [3.63, 3.8) is 0 Å². The second-order valence-electron chi connectivity index (χ2n) is 3.26. The standard InChI is InChI=1S/C12H13NO2/c1-8-6-10(4-5-11(13)14)7-9(2)12(8)15-3/h6-7H,1-3H3,(H2,13,14). The van der Waals surface area contributed by atoms with Gasteiger partial charge in [0.15, 0.2) is 0 Å². The Labute approximate surface area is 89.2 Å². The van der Waals surface area contributed by atoms with Gasteiger partial charge in [-0.15, -0.1) is 0 Å². The van der Waals surface area contributed by atoms with Gasteiger partial charge in [0.25, 0.3) is 5.91 Å². The van der Waals surface area contributed by atoms with Gasteiger partial charge >= 0.3 is 0 Å². The van der Waals surface area contributed by atoms with Gasteiger partial charge in [0.1, 0.15) is 5.75 Å². The number of aryl methyl sites for hydroxylation is 2. The molecule has 0 aliphatic carbocycles. The second kappa shape index (κ2) is 4.52. The van der Waals surface area contributed by atoms with Crippen molar-refractivity contribution < 1.29 is 9.53 Å². The molecule has 0 heterocycles. The van der Waals surface area contributed by atoms with Crippen molar-refractivity contribution in [2.75, 3.05) is 7.11 Å². The van der Waals surface area contributed by atoms with E-state index in [2.05, 4.69) is 11.8 Å². The first kappa shape index (κ1) is 11.1. The maximum Gasteiger partial charge on any atom is 0.293 e. The molecule has 15 heavy (non-hydrogen) atoms. The Hall–Kier alpha value is -1.95. The van der Waals surface area contributed by atoms with E-state index in [9.17, 15) is 4.79 Å². The van der Waals surface area contributed by atoms with Gasteiger partial charge < -0.3 is 10.5 Å². The molecule has 0 saturated heterocycles. The van der Waals surface area contributed by atoms with Crippen LogP contribution in [0.2, 0.25) is 0 Å². The number of ether oxygens (including phenoxy) is 1. The largest absolute Gasteiger partial charge is 0.496 e. The maximum absolute atomic E-state index is 10.5. The monoisotopic (exact) mass is 203 g/mol. The molecule has 0 fully saturated rings. The lowest BCUT2D eigenvalue weighted by Crippen LogP contribution is -2.06. The van der Waals surface area contributed by atoms with Crippen LogP contribution in [-0.4, -0.2) is 13.0 Å². The minimum Gasteiger partial charge on any atom is -0.496 e. The van der Waals surface area contributed by atoms with Crippen LogP contribution in [0.4, 0.5) is 0 Å². The topological polar surface area (TPSA) is 52.3 Å². The third-order valence-corrected chi connectivity index (χ3v) is 1.99. The molecule has 2 N–H and O–H groups in total. The smallest absolute Gasteiger partial charge is 0.293 e. The average Bonchev–Trinajstić information content (AvgIpc) is 2.14. The highest BCUT2D eigenvalue weighted by Crippen LogP contribution is 2.23. The molecule has 0 spiro atoms. The summed E-state index contributed by atoms with van der Waals surface area (Å²) in [6.45, 7) is 3.86. The third-order valence-electron chi connectivity index (χ3n) is 1.99. The minimum atomic E-state index is -0.624. The van der Waals surface area contributed by atoms with Crippen LogP contribution in [0.25, 0.3) is 0 Å². The molecule has 0 radical (unpaired) electrons. The summed E-state index contributed by atoms with van der Waals surface area (Å²) in [6, 6.07) is 3.73. The summed E-state index contributed by atoms with van der Waals surface area (Å²) in [7, 11) is 1.63. The Morgan fingerprint density at radius 3 is 2.27 bits per heavy atom. The van der Waals surface area contributed by atoms with Crippen LogP contribution in [-0.2, 0) is 4.79 Å². The van der Waals surface area contributed by atoms with Crippen molar-refractivity contribution in [3.05, 3.63) is 28.8 Å². The molecule has 0 atom stereocenters. The van der Waals surface area contributed by atoms with Gasteiger partial charge in [0, 0.05) is 5.56 Å². The van der Waals surface area contributed by atoms with E-state index in [0.29, 0.717) is 0 Å². The summed E-state index contributed by atoms with van der Waals surface area (Å²) in [5.41, 5.74) is 7.69. The lowest BCUT2D eigenvalue weighted by Gasteiger charge is -2.08.